The van der Waals surface area contributed by atoms with Crippen LogP contribution in [0.15, 0.2) is 0 Å². The second-order valence-corrected chi connectivity index (χ2v) is 0. The van der Waals surface area contributed by atoms with Gasteiger partial charge in [-0.2, -0.15) is 6.92 Å². The Bertz CT molecular complexity index is 9.65. The monoisotopic (exact) mass is 217 g/mol. The molecule has 0 aliphatic heterocycles. The number of hydrogen-bond donors (Lipinski definition) is 0. The van der Waals surface area contributed by atoms with Gasteiger partial charge in [-0.1, -0.05) is 0 Å². The SMILES string of the molecule is [CH2-]C.[Cl-].[Cl-].[Cl-].[Cl-].[Ti+4]. The van der Waals surface area contributed by atoms with Crippen molar-refractivity contribution in [1.82, 2.24) is 0 Å². The van der Waals surface area contributed by atoms with Gasteiger partial charge in [0, 0.05) is 0 Å². The fraction of sp³-hybridized carbons (Fsp3) is 0.500. The summed E-state index contributed by atoms with van der Waals surface area (Å²) in [7, 11) is 0. The van der Waals surface area contributed by atoms with Crippen LogP contribution in [0.25, 0.3) is 0 Å². The van der Waals surface area contributed by atoms with E-state index in [1.54, 1.807) is 6.92 Å². The smallest absolute Gasteiger partial charge is 1.00 e. The van der Waals surface area contributed by atoms with E-state index in [2.05, 4.69) is 6.92 Å². The zero-order valence-electron chi connectivity index (χ0n) is 3.72. The molecular formula is C2H5Cl4Ti-. The fourth-order valence-corrected chi connectivity index (χ4v) is 0. The first-order chi connectivity index (χ1) is 1.00. The summed E-state index contributed by atoms with van der Waals surface area (Å²) in [6, 6.07) is 0. The van der Waals surface area contributed by atoms with Gasteiger partial charge in [-0.25, -0.2) is 0 Å². The van der Waals surface area contributed by atoms with Crippen LogP contribution in [0.1, 0.15) is 6.92 Å². The van der Waals surface area contributed by atoms with Crippen molar-refractivity contribution in [3.05, 3.63) is 6.92 Å². The van der Waals surface area contributed by atoms with Gasteiger partial charge in [0.15, 0.2) is 0 Å². The molecule has 0 saturated heterocycles. The first-order valence-electron chi connectivity index (χ1n) is 0.707. The predicted molar refractivity (Wildman–Crippen MR) is 11.0 cm³/mol. The average Bonchev–Trinajstić information content (AvgIpc) is 1.00. The van der Waals surface area contributed by atoms with Crippen LogP contribution >= 0.6 is 0 Å². The van der Waals surface area contributed by atoms with Gasteiger partial charge in [0.05, 0.1) is 0 Å². The zero-order valence-corrected chi connectivity index (χ0v) is 8.30. The molecule has 0 aromatic heterocycles. The van der Waals surface area contributed by atoms with Crippen LogP contribution in [0.4, 0.5) is 0 Å². The van der Waals surface area contributed by atoms with E-state index < -0.39 is 0 Å². The summed E-state index contributed by atoms with van der Waals surface area (Å²) in [5.74, 6) is 0. The van der Waals surface area contributed by atoms with Crippen molar-refractivity contribution >= 4 is 0 Å². The standard InChI is InChI=1S/C2H5.4ClH.Ti/c1-2;;;;;/h1H2,2H3;4*1H;/q-1;;;;;+4/p-4. The molecule has 0 N–H and O–H groups in total. The molecule has 0 aromatic rings. The normalized spacial score (nSPS) is 0.857. The summed E-state index contributed by atoms with van der Waals surface area (Å²) in [6.07, 6.45) is 0. The zero-order chi connectivity index (χ0) is 2.00. The van der Waals surface area contributed by atoms with E-state index in [0.717, 1.165) is 0 Å². The van der Waals surface area contributed by atoms with E-state index in [9.17, 15) is 0 Å². The molecule has 0 aliphatic rings. The van der Waals surface area contributed by atoms with Crippen molar-refractivity contribution in [3.8, 4) is 0 Å². The van der Waals surface area contributed by atoms with Gasteiger partial charge in [0.2, 0.25) is 0 Å². The summed E-state index contributed by atoms with van der Waals surface area (Å²) in [4.78, 5) is 0. The summed E-state index contributed by atoms with van der Waals surface area (Å²) in [5.41, 5.74) is 0. The molecule has 0 rings (SSSR count). The van der Waals surface area contributed by atoms with Gasteiger partial charge in [0.1, 0.15) is 0 Å². The van der Waals surface area contributed by atoms with E-state index in [4.69, 9.17) is 0 Å². The largest absolute Gasteiger partial charge is 4.00 e. The Morgan fingerprint density at radius 2 is 0.714 bits per heavy atom. The second-order valence-electron chi connectivity index (χ2n) is 0. The van der Waals surface area contributed by atoms with Crippen molar-refractivity contribution in [2.45, 2.75) is 6.92 Å². The van der Waals surface area contributed by atoms with Crippen LogP contribution in [0.5, 0.6) is 0 Å². The van der Waals surface area contributed by atoms with Gasteiger partial charge in [0.25, 0.3) is 0 Å². The minimum Gasteiger partial charge on any atom is -1.00 e. The number of hydrogen-bond acceptors (Lipinski definition) is 0. The Labute approximate surface area is 84.7 Å². The third-order valence-electron chi connectivity index (χ3n) is 0. The molecule has 0 amide bonds. The maximum atomic E-state index is 3.25. The van der Waals surface area contributed by atoms with Crippen LogP contribution in [-0.2, 0) is 21.7 Å². The first kappa shape index (κ1) is 66.6. The van der Waals surface area contributed by atoms with Gasteiger partial charge < -0.3 is 56.6 Å². The van der Waals surface area contributed by atoms with Crippen LogP contribution in [0, 0.1) is 6.92 Å². The number of halogens is 4. The minimum atomic E-state index is 0. The molecule has 0 unspecified atom stereocenters. The Morgan fingerprint density at radius 1 is 0.714 bits per heavy atom. The average molecular weight is 219 g/mol. The molecule has 0 atom stereocenters. The molecule has 0 aromatic carbocycles. The Kier molecular flexibility index (Phi) is 1010. The summed E-state index contributed by atoms with van der Waals surface area (Å²) in [5, 5.41) is 0. The topological polar surface area (TPSA) is 0 Å². The van der Waals surface area contributed by atoms with E-state index in [-0.39, 0.29) is 71.3 Å². The van der Waals surface area contributed by atoms with E-state index in [1.165, 1.54) is 0 Å². The molecule has 0 radical (unpaired) electrons. The molecule has 7 heavy (non-hydrogen) atoms. The predicted octanol–water partition coefficient (Wildman–Crippen LogP) is -11.1. The van der Waals surface area contributed by atoms with Crippen LogP contribution in [-0.4, -0.2) is 0 Å². The fourth-order valence-electron chi connectivity index (χ4n) is 0. The van der Waals surface area contributed by atoms with E-state index in [1.807, 2.05) is 0 Å². The third-order valence-corrected chi connectivity index (χ3v) is 0. The Balaban J connectivity index is -0.000000000500. The molecule has 46 valence electrons. The quantitative estimate of drug-likeness (QED) is 0.280. The van der Waals surface area contributed by atoms with Crippen molar-refractivity contribution in [2.24, 2.45) is 0 Å². The first-order valence-corrected chi connectivity index (χ1v) is 0.707. The van der Waals surface area contributed by atoms with Crippen molar-refractivity contribution in [3.63, 3.8) is 0 Å². The maximum absolute atomic E-state index is 3.25. The summed E-state index contributed by atoms with van der Waals surface area (Å²) in [6.45, 7) is 5.00. The van der Waals surface area contributed by atoms with Gasteiger partial charge in [-0.3, -0.25) is 0 Å². The molecule has 5 heteroatoms. The van der Waals surface area contributed by atoms with Crippen LogP contribution < -0.4 is 49.6 Å². The van der Waals surface area contributed by atoms with Crippen molar-refractivity contribution in [2.75, 3.05) is 0 Å². The molecule has 0 aliphatic carbocycles. The summed E-state index contributed by atoms with van der Waals surface area (Å²) < 4.78 is 0. The molecule has 0 fully saturated rings. The Hall–Kier alpha value is 1.87. The molecule has 0 bridgehead atoms. The molecule has 0 heterocycles. The molecule has 0 saturated carbocycles. The van der Waals surface area contributed by atoms with Crippen molar-refractivity contribution in [1.29, 1.82) is 0 Å². The molecule has 0 nitrogen and oxygen atoms in total. The third kappa shape index (κ3) is 77.3. The van der Waals surface area contributed by atoms with Gasteiger partial charge >= 0.3 is 21.7 Å². The van der Waals surface area contributed by atoms with Gasteiger partial charge in [-0.15, -0.1) is 0 Å². The van der Waals surface area contributed by atoms with Crippen molar-refractivity contribution < 1.29 is 71.3 Å². The Morgan fingerprint density at radius 3 is 0.714 bits per heavy atom. The van der Waals surface area contributed by atoms with E-state index >= 15 is 0 Å². The molecule has 0 spiro atoms. The second kappa shape index (κ2) is 106. The number of rotatable bonds is 0. The maximum Gasteiger partial charge on any atom is 4.00 e. The van der Waals surface area contributed by atoms with Crippen LogP contribution in [0.2, 0.25) is 0 Å². The van der Waals surface area contributed by atoms with Gasteiger partial charge in [-0.05, 0) is 0 Å². The minimum absolute atomic E-state index is 0. The van der Waals surface area contributed by atoms with Crippen LogP contribution in [0.3, 0.4) is 0 Å². The summed E-state index contributed by atoms with van der Waals surface area (Å²) >= 11 is 0. The van der Waals surface area contributed by atoms with E-state index in [0.29, 0.717) is 0 Å². The molecular weight excluding hydrogens is 214 g/mol.